The molecule has 118 valence electrons. The second-order valence-electron chi connectivity index (χ2n) is 6.24. The average Bonchev–Trinajstić information content (AvgIpc) is 2.44. The Morgan fingerprint density at radius 3 is 2.86 bits per heavy atom. The molecule has 1 aromatic rings. The molecular weight excluding hydrogens is 266 g/mol. The first-order chi connectivity index (χ1) is 10.1. The summed E-state index contributed by atoms with van der Waals surface area (Å²) in [6, 6.07) is 6.42. The van der Waals surface area contributed by atoms with Crippen molar-refractivity contribution in [2.24, 2.45) is 0 Å². The first kappa shape index (κ1) is 16.1. The van der Waals surface area contributed by atoms with Crippen molar-refractivity contribution in [2.75, 3.05) is 20.3 Å². The molecule has 0 fully saturated rings. The van der Waals surface area contributed by atoms with Gasteiger partial charge in [0.2, 0.25) is 0 Å². The van der Waals surface area contributed by atoms with E-state index < -0.39 is 0 Å². The van der Waals surface area contributed by atoms with Crippen LogP contribution in [0.5, 0.6) is 11.5 Å². The molecule has 0 radical (unpaired) electrons. The molecule has 0 spiro atoms. The first-order valence-electron chi connectivity index (χ1n) is 7.79. The highest BCUT2D eigenvalue weighted by molar-refractivity contribution is 5.44. The van der Waals surface area contributed by atoms with Gasteiger partial charge in [-0.3, -0.25) is 0 Å². The number of benzene rings is 1. The minimum Gasteiger partial charge on any atom is -0.493 e. The summed E-state index contributed by atoms with van der Waals surface area (Å²) in [5, 5.41) is 12.1. The van der Waals surface area contributed by atoms with Gasteiger partial charge in [-0.05, 0) is 46.2 Å². The summed E-state index contributed by atoms with van der Waals surface area (Å²) in [7, 11) is 1.99. The Morgan fingerprint density at radius 2 is 2.14 bits per heavy atom. The van der Waals surface area contributed by atoms with Crippen molar-refractivity contribution < 1.29 is 14.6 Å². The maximum absolute atomic E-state index is 8.75. The molecule has 0 saturated heterocycles. The van der Waals surface area contributed by atoms with Crippen LogP contribution in [-0.2, 0) is 0 Å². The van der Waals surface area contributed by atoms with Gasteiger partial charge < -0.3 is 19.9 Å². The molecule has 4 heteroatoms. The Morgan fingerprint density at radius 1 is 1.33 bits per heavy atom. The molecule has 1 atom stereocenters. The van der Waals surface area contributed by atoms with E-state index in [4.69, 9.17) is 14.6 Å². The van der Waals surface area contributed by atoms with Crippen molar-refractivity contribution in [1.29, 1.82) is 0 Å². The summed E-state index contributed by atoms with van der Waals surface area (Å²) >= 11 is 0. The summed E-state index contributed by atoms with van der Waals surface area (Å²) in [5.41, 5.74) is 1.03. The van der Waals surface area contributed by atoms with Crippen LogP contribution in [0.1, 0.15) is 51.1 Å². The van der Waals surface area contributed by atoms with Crippen LogP contribution >= 0.6 is 0 Å². The molecule has 1 heterocycles. The van der Waals surface area contributed by atoms with Gasteiger partial charge in [-0.15, -0.1) is 0 Å². The Hall–Kier alpha value is -1.26. The molecule has 2 rings (SSSR count). The number of nitrogens with one attached hydrogen (secondary N) is 1. The third kappa shape index (κ3) is 4.35. The van der Waals surface area contributed by atoms with Crippen LogP contribution in [0, 0.1) is 0 Å². The lowest BCUT2D eigenvalue weighted by Gasteiger charge is -2.37. The van der Waals surface area contributed by atoms with Gasteiger partial charge in [0.25, 0.3) is 0 Å². The lowest BCUT2D eigenvalue weighted by atomic mass is 9.90. The predicted octanol–water partition coefficient (Wildman–Crippen LogP) is 3.05. The number of rotatable bonds is 7. The highest BCUT2D eigenvalue weighted by atomic mass is 16.5. The standard InChI is InChI=1S/C17H27NO3/c1-17(2)12-15(18-3)14-8-7-13(11-16(14)21-17)20-10-6-4-5-9-19/h7-8,11,15,18-19H,4-6,9-10,12H2,1-3H3. The molecule has 1 aromatic carbocycles. The van der Waals surface area contributed by atoms with E-state index in [-0.39, 0.29) is 12.2 Å². The van der Waals surface area contributed by atoms with Crippen LogP contribution in [-0.4, -0.2) is 31.0 Å². The molecule has 0 aliphatic carbocycles. The molecule has 1 unspecified atom stereocenters. The van der Waals surface area contributed by atoms with Gasteiger partial charge >= 0.3 is 0 Å². The molecular formula is C17H27NO3. The number of aliphatic hydroxyl groups excluding tert-OH is 1. The smallest absolute Gasteiger partial charge is 0.128 e. The molecule has 0 aromatic heterocycles. The van der Waals surface area contributed by atoms with E-state index >= 15 is 0 Å². The zero-order valence-electron chi connectivity index (χ0n) is 13.3. The Bertz CT molecular complexity index is 459. The lowest BCUT2D eigenvalue weighted by Crippen LogP contribution is -2.38. The minimum absolute atomic E-state index is 0.166. The zero-order valence-corrected chi connectivity index (χ0v) is 13.3. The zero-order chi connectivity index (χ0) is 15.3. The third-order valence-electron chi connectivity index (χ3n) is 3.86. The second kappa shape index (κ2) is 7.14. The number of hydrogen-bond donors (Lipinski definition) is 2. The van der Waals surface area contributed by atoms with E-state index in [1.54, 1.807) is 0 Å². The quantitative estimate of drug-likeness (QED) is 0.759. The van der Waals surface area contributed by atoms with E-state index in [0.717, 1.165) is 37.2 Å². The van der Waals surface area contributed by atoms with Crippen LogP contribution < -0.4 is 14.8 Å². The van der Waals surface area contributed by atoms with E-state index in [1.807, 2.05) is 19.2 Å². The second-order valence-corrected chi connectivity index (χ2v) is 6.24. The maximum atomic E-state index is 8.75. The fourth-order valence-corrected chi connectivity index (χ4v) is 2.76. The molecule has 1 aliphatic heterocycles. The van der Waals surface area contributed by atoms with Crippen molar-refractivity contribution in [3.63, 3.8) is 0 Å². The molecule has 1 aliphatic rings. The highest BCUT2D eigenvalue weighted by Crippen LogP contribution is 2.40. The number of hydrogen-bond acceptors (Lipinski definition) is 4. The summed E-state index contributed by atoms with van der Waals surface area (Å²) in [6.45, 7) is 5.16. The van der Waals surface area contributed by atoms with Gasteiger partial charge in [0.1, 0.15) is 17.1 Å². The predicted molar refractivity (Wildman–Crippen MR) is 84.0 cm³/mol. The maximum Gasteiger partial charge on any atom is 0.128 e. The number of aliphatic hydroxyl groups is 1. The van der Waals surface area contributed by atoms with E-state index in [2.05, 4.69) is 25.2 Å². The summed E-state index contributed by atoms with van der Waals surface area (Å²) in [4.78, 5) is 0. The van der Waals surface area contributed by atoms with Crippen LogP contribution in [0.4, 0.5) is 0 Å². The fraction of sp³-hybridized carbons (Fsp3) is 0.647. The Balaban J connectivity index is 2.01. The van der Waals surface area contributed by atoms with Crippen molar-refractivity contribution >= 4 is 0 Å². The van der Waals surface area contributed by atoms with Gasteiger partial charge in [-0.25, -0.2) is 0 Å². The minimum atomic E-state index is -0.166. The average molecular weight is 293 g/mol. The summed E-state index contributed by atoms with van der Waals surface area (Å²) in [6.07, 6.45) is 3.75. The van der Waals surface area contributed by atoms with Gasteiger partial charge in [0.05, 0.1) is 6.61 Å². The summed E-state index contributed by atoms with van der Waals surface area (Å²) in [5.74, 6) is 1.77. The normalized spacial score (nSPS) is 19.7. The van der Waals surface area contributed by atoms with E-state index in [9.17, 15) is 0 Å². The van der Waals surface area contributed by atoms with Crippen molar-refractivity contribution in [3.8, 4) is 11.5 Å². The number of ether oxygens (including phenoxy) is 2. The van der Waals surface area contributed by atoms with Gasteiger partial charge in [0, 0.05) is 30.7 Å². The van der Waals surface area contributed by atoms with Gasteiger partial charge in [-0.1, -0.05) is 6.07 Å². The van der Waals surface area contributed by atoms with E-state index in [0.29, 0.717) is 12.6 Å². The van der Waals surface area contributed by atoms with Gasteiger partial charge in [-0.2, -0.15) is 0 Å². The molecule has 21 heavy (non-hydrogen) atoms. The fourth-order valence-electron chi connectivity index (χ4n) is 2.76. The van der Waals surface area contributed by atoms with Crippen LogP contribution in [0.15, 0.2) is 18.2 Å². The first-order valence-corrected chi connectivity index (χ1v) is 7.79. The summed E-state index contributed by atoms with van der Waals surface area (Å²) < 4.78 is 11.9. The Labute approximate surface area is 127 Å². The van der Waals surface area contributed by atoms with Crippen molar-refractivity contribution in [3.05, 3.63) is 23.8 Å². The number of unbranched alkanes of at least 4 members (excludes halogenated alkanes) is 2. The lowest BCUT2D eigenvalue weighted by molar-refractivity contribution is 0.0671. The number of fused-ring (bicyclic) bond motifs is 1. The largest absolute Gasteiger partial charge is 0.493 e. The Kier molecular flexibility index (Phi) is 5.48. The topological polar surface area (TPSA) is 50.7 Å². The molecule has 0 bridgehead atoms. The molecule has 4 nitrogen and oxygen atoms in total. The third-order valence-corrected chi connectivity index (χ3v) is 3.86. The molecule has 0 saturated carbocycles. The van der Waals surface area contributed by atoms with Gasteiger partial charge in [0.15, 0.2) is 0 Å². The van der Waals surface area contributed by atoms with Crippen LogP contribution in [0.2, 0.25) is 0 Å². The van der Waals surface area contributed by atoms with Crippen molar-refractivity contribution in [2.45, 2.75) is 51.2 Å². The van der Waals surface area contributed by atoms with E-state index in [1.165, 1.54) is 5.56 Å². The van der Waals surface area contributed by atoms with Crippen LogP contribution in [0.25, 0.3) is 0 Å². The SMILES string of the molecule is CNC1CC(C)(C)Oc2cc(OCCCCCO)ccc21. The molecule has 2 N–H and O–H groups in total. The van der Waals surface area contributed by atoms with Crippen LogP contribution in [0.3, 0.4) is 0 Å². The molecule has 0 amide bonds. The highest BCUT2D eigenvalue weighted by Gasteiger charge is 2.33. The van der Waals surface area contributed by atoms with Crippen molar-refractivity contribution in [1.82, 2.24) is 5.32 Å². The monoisotopic (exact) mass is 293 g/mol.